The Kier molecular flexibility index (Phi) is 2.77. The van der Waals surface area contributed by atoms with Crippen molar-refractivity contribution >= 4 is 10.8 Å². The van der Waals surface area contributed by atoms with Crippen molar-refractivity contribution in [1.29, 1.82) is 0 Å². The van der Waals surface area contributed by atoms with E-state index in [1.807, 2.05) is 37.3 Å². The Bertz CT molecular complexity index is 463. The highest BCUT2D eigenvalue weighted by Crippen LogP contribution is 2.28. The molecule has 0 saturated heterocycles. The minimum Gasteiger partial charge on any atom is -0.496 e. The third-order valence-electron chi connectivity index (χ3n) is 2.34. The predicted molar refractivity (Wildman–Crippen MR) is 61.7 cm³/mol. The number of methoxy groups -OCH3 is 1. The largest absolute Gasteiger partial charge is 0.496 e. The summed E-state index contributed by atoms with van der Waals surface area (Å²) in [5, 5.41) is 2.25. The standard InChI is InChI=1S/C13H14O2/c1-3-15-11-7-8-12-10(9-11)5-4-6-13(12)14-2/h4-9H,3H2,1-2H3. The molecule has 2 rings (SSSR count). The molecule has 0 aromatic heterocycles. The maximum absolute atomic E-state index is 5.45. The van der Waals surface area contributed by atoms with Gasteiger partial charge in [-0.3, -0.25) is 0 Å². The Balaban J connectivity index is 2.53. The summed E-state index contributed by atoms with van der Waals surface area (Å²) >= 11 is 0. The second-order valence-corrected chi connectivity index (χ2v) is 3.28. The number of rotatable bonds is 3. The van der Waals surface area contributed by atoms with Crippen molar-refractivity contribution in [2.45, 2.75) is 6.92 Å². The van der Waals surface area contributed by atoms with Gasteiger partial charge in [0.25, 0.3) is 0 Å². The smallest absolute Gasteiger partial charge is 0.126 e. The van der Waals surface area contributed by atoms with Gasteiger partial charge in [-0.15, -0.1) is 0 Å². The van der Waals surface area contributed by atoms with Crippen LogP contribution >= 0.6 is 0 Å². The molecule has 2 aromatic carbocycles. The molecule has 0 atom stereocenters. The zero-order chi connectivity index (χ0) is 10.7. The van der Waals surface area contributed by atoms with Crippen LogP contribution in [0, 0.1) is 0 Å². The fraction of sp³-hybridized carbons (Fsp3) is 0.231. The Morgan fingerprint density at radius 1 is 1.13 bits per heavy atom. The van der Waals surface area contributed by atoms with Crippen LogP contribution in [0.1, 0.15) is 6.92 Å². The second-order valence-electron chi connectivity index (χ2n) is 3.28. The van der Waals surface area contributed by atoms with Crippen LogP contribution in [0.5, 0.6) is 11.5 Å². The summed E-state index contributed by atoms with van der Waals surface area (Å²) in [6.07, 6.45) is 0. The van der Waals surface area contributed by atoms with Crippen LogP contribution in [-0.2, 0) is 0 Å². The number of benzene rings is 2. The summed E-state index contributed by atoms with van der Waals surface area (Å²) in [7, 11) is 1.69. The van der Waals surface area contributed by atoms with Crippen molar-refractivity contribution < 1.29 is 9.47 Å². The first kappa shape index (κ1) is 9.84. The third kappa shape index (κ3) is 1.89. The van der Waals surface area contributed by atoms with Crippen LogP contribution in [-0.4, -0.2) is 13.7 Å². The maximum Gasteiger partial charge on any atom is 0.126 e. The van der Waals surface area contributed by atoms with E-state index in [2.05, 4.69) is 6.07 Å². The minimum absolute atomic E-state index is 0.690. The number of ether oxygens (including phenoxy) is 2. The van der Waals surface area contributed by atoms with E-state index in [0.29, 0.717) is 6.61 Å². The average molecular weight is 202 g/mol. The van der Waals surface area contributed by atoms with Gasteiger partial charge in [-0.2, -0.15) is 0 Å². The van der Waals surface area contributed by atoms with Crippen molar-refractivity contribution in [2.24, 2.45) is 0 Å². The number of hydrogen-bond donors (Lipinski definition) is 0. The Labute approximate surface area is 89.4 Å². The van der Waals surface area contributed by atoms with Gasteiger partial charge in [-0.1, -0.05) is 12.1 Å². The van der Waals surface area contributed by atoms with E-state index >= 15 is 0 Å². The third-order valence-corrected chi connectivity index (χ3v) is 2.34. The van der Waals surface area contributed by atoms with Gasteiger partial charge in [0, 0.05) is 5.39 Å². The Morgan fingerprint density at radius 2 is 2.00 bits per heavy atom. The summed E-state index contributed by atoms with van der Waals surface area (Å²) in [5.74, 6) is 1.80. The molecular formula is C13H14O2. The zero-order valence-corrected chi connectivity index (χ0v) is 8.99. The molecule has 0 fully saturated rings. The topological polar surface area (TPSA) is 18.5 Å². The van der Waals surface area contributed by atoms with Crippen molar-refractivity contribution in [1.82, 2.24) is 0 Å². The van der Waals surface area contributed by atoms with Crippen LogP contribution in [0.15, 0.2) is 36.4 Å². The van der Waals surface area contributed by atoms with Gasteiger partial charge in [0.2, 0.25) is 0 Å². The molecule has 0 heterocycles. The molecule has 0 spiro atoms. The lowest BCUT2D eigenvalue weighted by Gasteiger charge is -2.07. The monoisotopic (exact) mass is 202 g/mol. The molecule has 0 radical (unpaired) electrons. The van der Waals surface area contributed by atoms with E-state index in [1.165, 1.54) is 0 Å². The maximum atomic E-state index is 5.45. The molecule has 0 aliphatic carbocycles. The van der Waals surface area contributed by atoms with Crippen LogP contribution < -0.4 is 9.47 Å². The van der Waals surface area contributed by atoms with Gasteiger partial charge in [-0.25, -0.2) is 0 Å². The molecule has 2 nitrogen and oxygen atoms in total. The lowest BCUT2D eigenvalue weighted by molar-refractivity contribution is 0.340. The fourth-order valence-corrected chi connectivity index (χ4v) is 1.67. The van der Waals surface area contributed by atoms with E-state index in [-0.39, 0.29) is 0 Å². The average Bonchev–Trinajstić information content (AvgIpc) is 2.28. The zero-order valence-electron chi connectivity index (χ0n) is 8.99. The molecule has 15 heavy (non-hydrogen) atoms. The second kappa shape index (κ2) is 4.22. The summed E-state index contributed by atoms with van der Waals surface area (Å²) in [6.45, 7) is 2.67. The Morgan fingerprint density at radius 3 is 2.73 bits per heavy atom. The highest BCUT2D eigenvalue weighted by Gasteiger charge is 2.01. The minimum atomic E-state index is 0.690. The van der Waals surface area contributed by atoms with Crippen LogP contribution in [0.2, 0.25) is 0 Å². The first-order valence-corrected chi connectivity index (χ1v) is 5.04. The lowest BCUT2D eigenvalue weighted by Crippen LogP contribution is -1.91. The SMILES string of the molecule is CCOc1ccc2c(OC)cccc2c1. The van der Waals surface area contributed by atoms with Gasteiger partial charge < -0.3 is 9.47 Å². The molecule has 2 heteroatoms. The van der Waals surface area contributed by atoms with Gasteiger partial charge in [-0.05, 0) is 36.6 Å². The normalized spacial score (nSPS) is 10.3. The van der Waals surface area contributed by atoms with Gasteiger partial charge in [0.05, 0.1) is 13.7 Å². The van der Waals surface area contributed by atoms with E-state index in [1.54, 1.807) is 7.11 Å². The summed E-state index contributed by atoms with van der Waals surface area (Å²) in [6, 6.07) is 12.0. The van der Waals surface area contributed by atoms with E-state index < -0.39 is 0 Å². The van der Waals surface area contributed by atoms with Gasteiger partial charge in [0.1, 0.15) is 11.5 Å². The quantitative estimate of drug-likeness (QED) is 0.760. The van der Waals surface area contributed by atoms with Crippen LogP contribution in [0.4, 0.5) is 0 Å². The molecule has 78 valence electrons. The van der Waals surface area contributed by atoms with Gasteiger partial charge >= 0.3 is 0 Å². The predicted octanol–water partition coefficient (Wildman–Crippen LogP) is 3.25. The lowest BCUT2D eigenvalue weighted by atomic mass is 10.1. The van der Waals surface area contributed by atoms with Crippen LogP contribution in [0.3, 0.4) is 0 Å². The first-order chi connectivity index (χ1) is 7.35. The molecule has 0 N–H and O–H groups in total. The van der Waals surface area contributed by atoms with Gasteiger partial charge in [0.15, 0.2) is 0 Å². The molecule has 0 unspecified atom stereocenters. The molecule has 0 bridgehead atoms. The van der Waals surface area contributed by atoms with Crippen LogP contribution in [0.25, 0.3) is 10.8 Å². The highest BCUT2D eigenvalue weighted by molar-refractivity contribution is 5.89. The fourth-order valence-electron chi connectivity index (χ4n) is 1.67. The molecule has 0 aliphatic rings. The summed E-state index contributed by atoms with van der Waals surface area (Å²) in [4.78, 5) is 0. The van der Waals surface area contributed by atoms with Crippen molar-refractivity contribution in [3.63, 3.8) is 0 Å². The Hall–Kier alpha value is -1.70. The molecular weight excluding hydrogens is 188 g/mol. The number of fused-ring (bicyclic) bond motifs is 1. The van der Waals surface area contributed by atoms with E-state index in [4.69, 9.17) is 9.47 Å². The van der Waals surface area contributed by atoms with Crippen molar-refractivity contribution in [2.75, 3.05) is 13.7 Å². The summed E-state index contributed by atoms with van der Waals surface area (Å²) in [5.41, 5.74) is 0. The van der Waals surface area contributed by atoms with Crippen molar-refractivity contribution in [3.8, 4) is 11.5 Å². The highest BCUT2D eigenvalue weighted by atomic mass is 16.5. The molecule has 0 aliphatic heterocycles. The van der Waals surface area contributed by atoms with E-state index in [0.717, 1.165) is 22.3 Å². The molecule has 0 saturated carbocycles. The number of hydrogen-bond acceptors (Lipinski definition) is 2. The van der Waals surface area contributed by atoms with E-state index in [9.17, 15) is 0 Å². The summed E-state index contributed by atoms with van der Waals surface area (Å²) < 4.78 is 10.7. The first-order valence-electron chi connectivity index (χ1n) is 5.04. The molecule has 0 amide bonds. The van der Waals surface area contributed by atoms with Crippen molar-refractivity contribution in [3.05, 3.63) is 36.4 Å². The molecule has 2 aromatic rings.